The van der Waals surface area contributed by atoms with Crippen molar-refractivity contribution in [2.24, 2.45) is 7.05 Å². The molecule has 1 aromatic carbocycles. The number of nitrogens with zero attached hydrogens (tertiary/aromatic N) is 2. The van der Waals surface area contributed by atoms with Crippen LogP contribution in [0.1, 0.15) is 18.2 Å². The van der Waals surface area contributed by atoms with Crippen LogP contribution in [-0.4, -0.2) is 22.3 Å². The molecule has 0 saturated heterocycles. The molecule has 0 saturated carbocycles. The largest absolute Gasteiger partial charge is 0.484 e. The number of carbonyl (C=O) groups is 1. The average molecular weight is 308 g/mol. The van der Waals surface area contributed by atoms with Gasteiger partial charge in [0.25, 0.3) is 5.91 Å². The summed E-state index contributed by atoms with van der Waals surface area (Å²) in [4.78, 5) is 12.0. The van der Waals surface area contributed by atoms with Gasteiger partial charge < -0.3 is 10.1 Å². The zero-order chi connectivity index (χ0) is 15.4. The van der Waals surface area contributed by atoms with Crippen molar-refractivity contribution in [3.63, 3.8) is 0 Å². The molecular weight excluding hydrogens is 290 g/mol. The number of nitrogens with one attached hydrogen (secondary N) is 1. The maximum atomic E-state index is 12.0. The van der Waals surface area contributed by atoms with E-state index in [1.54, 1.807) is 36.0 Å². The zero-order valence-electron chi connectivity index (χ0n) is 12.3. The van der Waals surface area contributed by atoms with E-state index in [9.17, 15) is 4.79 Å². The van der Waals surface area contributed by atoms with Crippen LogP contribution in [0.2, 0.25) is 5.02 Å². The molecule has 112 valence electrons. The lowest BCUT2D eigenvalue weighted by Crippen LogP contribution is -2.22. The molecule has 0 spiro atoms. The second-order valence-electron chi connectivity index (χ2n) is 4.69. The van der Waals surface area contributed by atoms with Crippen LogP contribution in [0.3, 0.4) is 0 Å². The Labute approximate surface area is 128 Å². The van der Waals surface area contributed by atoms with Crippen LogP contribution in [0.4, 0.5) is 5.82 Å². The summed E-state index contributed by atoms with van der Waals surface area (Å²) in [5, 5.41) is 7.75. The molecule has 0 radical (unpaired) electrons. The summed E-state index contributed by atoms with van der Waals surface area (Å²) in [5.74, 6) is 1.03. The molecule has 5 nitrogen and oxygen atoms in total. The van der Waals surface area contributed by atoms with Gasteiger partial charge in [0.1, 0.15) is 11.6 Å². The molecule has 0 bridgehead atoms. The normalized spacial score (nSPS) is 10.5. The Kier molecular flexibility index (Phi) is 4.85. The van der Waals surface area contributed by atoms with Crippen molar-refractivity contribution >= 4 is 23.3 Å². The minimum absolute atomic E-state index is 0.0770. The summed E-state index contributed by atoms with van der Waals surface area (Å²) < 4.78 is 7.08. The third kappa shape index (κ3) is 3.76. The van der Waals surface area contributed by atoms with E-state index in [-0.39, 0.29) is 12.5 Å². The highest BCUT2D eigenvalue weighted by Crippen LogP contribution is 2.19. The van der Waals surface area contributed by atoms with Gasteiger partial charge in [-0.05, 0) is 31.5 Å². The van der Waals surface area contributed by atoms with E-state index in [4.69, 9.17) is 16.3 Å². The van der Waals surface area contributed by atoms with Gasteiger partial charge in [-0.25, -0.2) is 0 Å². The third-order valence-corrected chi connectivity index (χ3v) is 3.38. The van der Waals surface area contributed by atoms with Gasteiger partial charge in [0.2, 0.25) is 0 Å². The summed E-state index contributed by atoms with van der Waals surface area (Å²) >= 11 is 5.86. The molecule has 0 aliphatic rings. The fraction of sp³-hybridized carbons (Fsp3) is 0.333. The number of hydrogen-bond donors (Lipinski definition) is 1. The Balaban J connectivity index is 1.98. The summed E-state index contributed by atoms with van der Waals surface area (Å²) in [5.41, 5.74) is 1.96. The highest BCUT2D eigenvalue weighted by atomic mass is 35.5. The van der Waals surface area contributed by atoms with Crippen molar-refractivity contribution in [3.8, 4) is 5.75 Å². The molecule has 2 aromatic rings. The summed E-state index contributed by atoms with van der Waals surface area (Å²) in [6, 6.07) is 6.94. The molecule has 1 amide bonds. The van der Waals surface area contributed by atoms with Crippen LogP contribution in [0.5, 0.6) is 5.75 Å². The first-order chi connectivity index (χ1) is 10.0. The highest BCUT2D eigenvalue weighted by Gasteiger charge is 2.13. The number of amides is 1. The van der Waals surface area contributed by atoms with Crippen molar-refractivity contribution in [2.75, 3.05) is 11.9 Å². The van der Waals surface area contributed by atoms with Gasteiger partial charge in [0, 0.05) is 17.6 Å². The van der Waals surface area contributed by atoms with Crippen LogP contribution in [0, 0.1) is 6.92 Å². The maximum Gasteiger partial charge on any atom is 0.263 e. The number of hydrogen-bond acceptors (Lipinski definition) is 3. The second-order valence-corrected chi connectivity index (χ2v) is 5.13. The summed E-state index contributed by atoms with van der Waals surface area (Å²) in [6.07, 6.45) is 0.828. The fourth-order valence-electron chi connectivity index (χ4n) is 2.07. The number of ether oxygens (including phenoxy) is 1. The number of aromatic nitrogens is 2. The van der Waals surface area contributed by atoms with E-state index in [0.29, 0.717) is 16.6 Å². The number of aryl methyl sites for hydroxylation is 2. The highest BCUT2D eigenvalue weighted by molar-refractivity contribution is 6.30. The number of carbonyl (C=O) groups excluding carboxylic acids is 1. The van der Waals surface area contributed by atoms with Gasteiger partial charge in [0.15, 0.2) is 6.61 Å². The SMILES string of the molecule is CCc1nn(C)c(NC(=O)COc2cccc(Cl)c2)c1C. The number of anilines is 1. The van der Waals surface area contributed by atoms with Crippen molar-refractivity contribution in [1.29, 1.82) is 0 Å². The Bertz CT molecular complexity index is 652. The Morgan fingerprint density at radius 1 is 1.48 bits per heavy atom. The van der Waals surface area contributed by atoms with Gasteiger partial charge in [-0.1, -0.05) is 24.6 Å². The summed E-state index contributed by atoms with van der Waals surface area (Å²) in [6.45, 7) is 3.90. The van der Waals surface area contributed by atoms with Crippen molar-refractivity contribution in [2.45, 2.75) is 20.3 Å². The van der Waals surface area contributed by atoms with Crippen LogP contribution in [-0.2, 0) is 18.3 Å². The molecule has 1 aromatic heterocycles. The molecule has 21 heavy (non-hydrogen) atoms. The van der Waals surface area contributed by atoms with E-state index in [2.05, 4.69) is 10.4 Å². The predicted octanol–water partition coefficient (Wildman–Crippen LogP) is 2.96. The molecule has 0 atom stereocenters. The monoisotopic (exact) mass is 307 g/mol. The lowest BCUT2D eigenvalue weighted by Gasteiger charge is -2.08. The van der Waals surface area contributed by atoms with Crippen molar-refractivity contribution in [3.05, 3.63) is 40.5 Å². The molecule has 0 fully saturated rings. The first-order valence-electron chi connectivity index (χ1n) is 6.72. The molecule has 1 N–H and O–H groups in total. The van der Waals surface area contributed by atoms with E-state index < -0.39 is 0 Å². The standard InChI is InChI=1S/C15H18ClN3O2/c1-4-13-10(2)15(19(3)18-13)17-14(20)9-21-12-7-5-6-11(16)8-12/h5-8H,4,9H2,1-3H3,(H,17,20). The number of halogens is 1. The second kappa shape index (κ2) is 6.63. The number of rotatable bonds is 5. The van der Waals surface area contributed by atoms with Gasteiger partial charge >= 0.3 is 0 Å². The Hall–Kier alpha value is -2.01. The molecule has 1 heterocycles. The van der Waals surface area contributed by atoms with Crippen molar-refractivity contribution < 1.29 is 9.53 Å². The molecule has 2 rings (SSSR count). The lowest BCUT2D eigenvalue weighted by molar-refractivity contribution is -0.118. The van der Waals surface area contributed by atoms with Gasteiger partial charge in [0.05, 0.1) is 5.69 Å². The molecule has 0 aliphatic carbocycles. The van der Waals surface area contributed by atoms with E-state index in [1.165, 1.54) is 0 Å². The Morgan fingerprint density at radius 2 is 2.24 bits per heavy atom. The topological polar surface area (TPSA) is 56.2 Å². The Morgan fingerprint density at radius 3 is 2.86 bits per heavy atom. The smallest absolute Gasteiger partial charge is 0.263 e. The minimum atomic E-state index is -0.233. The van der Waals surface area contributed by atoms with Crippen molar-refractivity contribution in [1.82, 2.24) is 9.78 Å². The predicted molar refractivity (Wildman–Crippen MR) is 82.9 cm³/mol. The van der Waals surface area contributed by atoms with Gasteiger partial charge in [-0.2, -0.15) is 5.10 Å². The van der Waals surface area contributed by atoms with Gasteiger partial charge in [-0.3, -0.25) is 9.48 Å². The average Bonchev–Trinajstić information content (AvgIpc) is 2.72. The zero-order valence-corrected chi connectivity index (χ0v) is 13.1. The maximum absolute atomic E-state index is 12.0. The van der Waals surface area contributed by atoms with Crippen LogP contribution < -0.4 is 10.1 Å². The first kappa shape index (κ1) is 15.4. The molecule has 6 heteroatoms. The quantitative estimate of drug-likeness (QED) is 0.924. The molecule has 0 unspecified atom stereocenters. The van der Waals surface area contributed by atoms with Crippen LogP contribution in [0.25, 0.3) is 0 Å². The first-order valence-corrected chi connectivity index (χ1v) is 7.09. The third-order valence-electron chi connectivity index (χ3n) is 3.14. The summed E-state index contributed by atoms with van der Waals surface area (Å²) in [7, 11) is 1.81. The fourth-order valence-corrected chi connectivity index (χ4v) is 2.25. The van der Waals surface area contributed by atoms with Gasteiger partial charge in [-0.15, -0.1) is 0 Å². The molecule has 0 aliphatic heterocycles. The van der Waals surface area contributed by atoms with Crippen LogP contribution in [0.15, 0.2) is 24.3 Å². The lowest BCUT2D eigenvalue weighted by atomic mass is 10.2. The van der Waals surface area contributed by atoms with E-state index in [1.807, 2.05) is 13.8 Å². The van der Waals surface area contributed by atoms with E-state index >= 15 is 0 Å². The minimum Gasteiger partial charge on any atom is -0.484 e. The number of benzene rings is 1. The van der Waals surface area contributed by atoms with E-state index in [0.717, 1.165) is 17.7 Å². The van der Waals surface area contributed by atoms with Crippen LogP contribution >= 0.6 is 11.6 Å². The molecular formula is C15H18ClN3O2.